The smallest absolute Gasteiger partial charge is 0.312 e. The maximum Gasteiger partial charge on any atom is 0.312 e. The molecule has 1 aliphatic heterocycles. The second kappa shape index (κ2) is 5.46. The van der Waals surface area contributed by atoms with Gasteiger partial charge in [-0.15, -0.1) is 11.3 Å². The van der Waals surface area contributed by atoms with Gasteiger partial charge in [0.2, 0.25) is 0 Å². The van der Waals surface area contributed by atoms with Gasteiger partial charge in [-0.25, -0.2) is 4.98 Å². The highest BCUT2D eigenvalue weighted by Crippen LogP contribution is 2.37. The molecular formula is C13H18N2O3S. The number of fused-ring (bicyclic) bond motifs is 1. The molecule has 1 saturated heterocycles. The number of nitrogens with one attached hydrogen (secondary N) is 1. The molecule has 0 spiro atoms. The van der Waals surface area contributed by atoms with E-state index in [0.29, 0.717) is 12.5 Å². The predicted octanol–water partition coefficient (Wildman–Crippen LogP) is 2.24. The van der Waals surface area contributed by atoms with Gasteiger partial charge in [-0.2, -0.15) is 0 Å². The highest BCUT2D eigenvalue weighted by atomic mass is 32.1. The zero-order chi connectivity index (χ0) is 13.2. The van der Waals surface area contributed by atoms with Crippen LogP contribution in [0.5, 0.6) is 0 Å². The Hall–Kier alpha value is -1.14. The van der Waals surface area contributed by atoms with E-state index in [1.165, 1.54) is 0 Å². The molecule has 1 aromatic heterocycles. The van der Waals surface area contributed by atoms with Crippen LogP contribution >= 0.6 is 11.3 Å². The Balaban J connectivity index is 1.75. The maximum atomic E-state index is 11.2. The molecule has 0 saturated carbocycles. The van der Waals surface area contributed by atoms with Crippen LogP contribution in [0.2, 0.25) is 0 Å². The largest absolute Gasteiger partial charge is 0.481 e. The number of aromatic nitrogens is 1. The Labute approximate surface area is 116 Å². The van der Waals surface area contributed by atoms with E-state index < -0.39 is 11.9 Å². The third-order valence-corrected chi connectivity index (χ3v) is 4.86. The minimum Gasteiger partial charge on any atom is -0.481 e. The van der Waals surface area contributed by atoms with Crippen LogP contribution in [0.1, 0.15) is 42.2 Å². The lowest BCUT2D eigenvalue weighted by atomic mass is 9.91. The van der Waals surface area contributed by atoms with Crippen LogP contribution in [0.3, 0.4) is 0 Å². The standard InChI is InChI=1S/C13H18N2O3S/c16-12(17)9-2-1-3-10-11(9)15-13(19-10)14-8-4-6-18-7-5-8/h8-9H,1-7H2,(H,14,15)(H,16,17). The topological polar surface area (TPSA) is 71.5 Å². The highest BCUT2D eigenvalue weighted by molar-refractivity contribution is 7.15. The normalized spacial score (nSPS) is 23.9. The van der Waals surface area contributed by atoms with Crippen LogP contribution in [0.4, 0.5) is 5.13 Å². The van der Waals surface area contributed by atoms with Gasteiger partial charge >= 0.3 is 5.97 Å². The molecule has 0 amide bonds. The molecule has 1 aromatic rings. The van der Waals surface area contributed by atoms with Gasteiger partial charge in [0.15, 0.2) is 5.13 Å². The maximum absolute atomic E-state index is 11.2. The van der Waals surface area contributed by atoms with E-state index in [0.717, 1.165) is 54.6 Å². The van der Waals surface area contributed by atoms with Gasteiger partial charge in [-0.3, -0.25) is 4.79 Å². The molecule has 1 atom stereocenters. The van der Waals surface area contributed by atoms with E-state index in [1.807, 2.05) is 0 Å². The minimum atomic E-state index is -0.746. The molecular weight excluding hydrogens is 264 g/mol. The number of thiazole rings is 1. The monoisotopic (exact) mass is 282 g/mol. The lowest BCUT2D eigenvalue weighted by molar-refractivity contribution is -0.139. The summed E-state index contributed by atoms with van der Waals surface area (Å²) in [6.45, 7) is 1.58. The summed E-state index contributed by atoms with van der Waals surface area (Å²) >= 11 is 1.62. The molecule has 6 heteroatoms. The Bertz CT molecular complexity index is 468. The van der Waals surface area contributed by atoms with Crippen molar-refractivity contribution in [1.29, 1.82) is 0 Å². The zero-order valence-corrected chi connectivity index (χ0v) is 11.5. The fourth-order valence-corrected chi connectivity index (χ4v) is 3.88. The summed E-state index contributed by atoms with van der Waals surface area (Å²) in [6.07, 6.45) is 4.61. The predicted molar refractivity (Wildman–Crippen MR) is 72.9 cm³/mol. The van der Waals surface area contributed by atoms with Gasteiger partial charge in [-0.1, -0.05) is 0 Å². The summed E-state index contributed by atoms with van der Waals surface area (Å²) in [7, 11) is 0. The lowest BCUT2D eigenvalue weighted by Crippen LogP contribution is -2.27. The van der Waals surface area contributed by atoms with Crippen LogP contribution in [-0.2, 0) is 16.0 Å². The number of nitrogens with zero attached hydrogens (tertiary/aromatic N) is 1. The Morgan fingerprint density at radius 3 is 2.89 bits per heavy atom. The number of aliphatic carboxylic acids is 1. The minimum absolute atomic E-state index is 0.407. The van der Waals surface area contributed by atoms with Crippen LogP contribution in [0.15, 0.2) is 0 Å². The third-order valence-electron chi connectivity index (χ3n) is 3.80. The molecule has 3 rings (SSSR count). The number of hydrogen-bond acceptors (Lipinski definition) is 5. The first-order valence-electron chi connectivity index (χ1n) is 6.80. The fourth-order valence-electron chi connectivity index (χ4n) is 2.74. The number of ether oxygens (including phenoxy) is 1. The zero-order valence-electron chi connectivity index (χ0n) is 10.7. The van der Waals surface area contributed by atoms with E-state index in [9.17, 15) is 9.90 Å². The van der Waals surface area contributed by atoms with Crippen molar-refractivity contribution in [3.8, 4) is 0 Å². The summed E-state index contributed by atoms with van der Waals surface area (Å²) in [5, 5.41) is 13.6. The van der Waals surface area contributed by atoms with Crippen LogP contribution in [0.25, 0.3) is 0 Å². The highest BCUT2D eigenvalue weighted by Gasteiger charge is 2.30. The van der Waals surface area contributed by atoms with Crippen molar-refractivity contribution in [2.24, 2.45) is 0 Å². The van der Waals surface area contributed by atoms with Gasteiger partial charge in [0.05, 0.1) is 5.69 Å². The van der Waals surface area contributed by atoms with Crippen molar-refractivity contribution in [3.63, 3.8) is 0 Å². The molecule has 19 heavy (non-hydrogen) atoms. The van der Waals surface area contributed by atoms with E-state index in [-0.39, 0.29) is 0 Å². The summed E-state index contributed by atoms with van der Waals surface area (Å²) in [4.78, 5) is 16.9. The van der Waals surface area contributed by atoms with Crippen molar-refractivity contribution < 1.29 is 14.6 Å². The van der Waals surface area contributed by atoms with Crippen LogP contribution in [-0.4, -0.2) is 35.3 Å². The molecule has 104 valence electrons. The molecule has 2 aliphatic rings. The fraction of sp³-hybridized carbons (Fsp3) is 0.692. The number of carboxylic acid groups (broad SMARTS) is 1. The molecule has 2 N–H and O–H groups in total. The van der Waals surface area contributed by atoms with Crippen LogP contribution < -0.4 is 5.32 Å². The Morgan fingerprint density at radius 2 is 2.16 bits per heavy atom. The Morgan fingerprint density at radius 1 is 1.37 bits per heavy atom. The van der Waals surface area contributed by atoms with Gasteiger partial charge in [-0.05, 0) is 32.1 Å². The van der Waals surface area contributed by atoms with Crippen molar-refractivity contribution in [2.45, 2.75) is 44.1 Å². The van der Waals surface area contributed by atoms with Crippen LogP contribution in [0, 0.1) is 0 Å². The number of aryl methyl sites for hydroxylation is 1. The number of anilines is 1. The summed E-state index contributed by atoms with van der Waals surface area (Å²) in [5.41, 5.74) is 0.790. The van der Waals surface area contributed by atoms with E-state index in [2.05, 4.69) is 10.3 Å². The van der Waals surface area contributed by atoms with E-state index in [1.54, 1.807) is 11.3 Å². The third kappa shape index (κ3) is 2.74. The molecule has 0 bridgehead atoms. The SMILES string of the molecule is O=C(O)C1CCCc2sc(NC3CCOCC3)nc21. The molecule has 2 heterocycles. The second-order valence-electron chi connectivity index (χ2n) is 5.14. The van der Waals surface area contributed by atoms with Gasteiger partial charge in [0.1, 0.15) is 5.92 Å². The van der Waals surface area contributed by atoms with Crippen molar-refractivity contribution >= 4 is 22.4 Å². The van der Waals surface area contributed by atoms with Crippen molar-refractivity contribution in [1.82, 2.24) is 4.98 Å². The van der Waals surface area contributed by atoms with E-state index in [4.69, 9.17) is 4.74 Å². The molecule has 1 fully saturated rings. The second-order valence-corrected chi connectivity index (χ2v) is 6.23. The first-order valence-corrected chi connectivity index (χ1v) is 7.62. The van der Waals surface area contributed by atoms with Gasteiger partial charge in [0, 0.05) is 24.1 Å². The molecule has 1 aliphatic carbocycles. The number of carbonyl (C=O) groups is 1. The molecule has 5 nitrogen and oxygen atoms in total. The Kier molecular flexibility index (Phi) is 3.70. The van der Waals surface area contributed by atoms with Crippen molar-refractivity contribution in [3.05, 3.63) is 10.6 Å². The summed E-state index contributed by atoms with van der Waals surface area (Å²) < 4.78 is 5.33. The molecule has 0 radical (unpaired) electrons. The summed E-state index contributed by atoms with van der Waals surface area (Å²) in [5.74, 6) is -1.16. The molecule has 0 aromatic carbocycles. The van der Waals surface area contributed by atoms with E-state index >= 15 is 0 Å². The number of carboxylic acids is 1. The lowest BCUT2D eigenvalue weighted by Gasteiger charge is -2.22. The summed E-state index contributed by atoms with van der Waals surface area (Å²) in [6, 6.07) is 0.407. The average Bonchev–Trinajstić information content (AvgIpc) is 2.81. The first kappa shape index (κ1) is 12.9. The molecule has 1 unspecified atom stereocenters. The number of rotatable bonds is 3. The average molecular weight is 282 g/mol. The van der Waals surface area contributed by atoms with Gasteiger partial charge in [0.25, 0.3) is 0 Å². The number of hydrogen-bond donors (Lipinski definition) is 2. The first-order chi connectivity index (χ1) is 9.24. The quantitative estimate of drug-likeness (QED) is 0.889. The van der Waals surface area contributed by atoms with Gasteiger partial charge < -0.3 is 15.2 Å². The van der Waals surface area contributed by atoms with Crippen molar-refractivity contribution in [2.75, 3.05) is 18.5 Å².